The first-order valence-corrected chi connectivity index (χ1v) is 5.06. The molecule has 17 heavy (non-hydrogen) atoms. The number of rotatable bonds is 5. The van der Waals surface area contributed by atoms with Gasteiger partial charge in [-0.2, -0.15) is 18.3 Å². The summed E-state index contributed by atoms with van der Waals surface area (Å²) in [5.74, 6) is -1.88. The van der Waals surface area contributed by atoms with E-state index in [1.54, 1.807) is 0 Å². The smallest absolute Gasteiger partial charge is 0.377 e. The van der Waals surface area contributed by atoms with E-state index in [0.717, 1.165) is 12.4 Å². The van der Waals surface area contributed by atoms with Crippen LogP contribution >= 0.6 is 0 Å². The fraction of sp³-hybridized carbons (Fsp3) is 0.600. The number of carbonyl (C=O) groups is 1. The van der Waals surface area contributed by atoms with Gasteiger partial charge in [0.2, 0.25) is 0 Å². The minimum Gasteiger partial charge on any atom is -0.377 e. The molecule has 0 saturated carbocycles. The van der Waals surface area contributed by atoms with E-state index in [2.05, 4.69) is 5.10 Å². The normalized spacial score (nSPS) is 12.1. The van der Waals surface area contributed by atoms with Crippen molar-refractivity contribution in [2.45, 2.75) is 32.7 Å². The second kappa shape index (κ2) is 5.31. The quantitative estimate of drug-likeness (QED) is 0.751. The summed E-state index contributed by atoms with van der Waals surface area (Å²) in [6, 6.07) is 0. The van der Waals surface area contributed by atoms with Crippen molar-refractivity contribution in [3.05, 3.63) is 18.0 Å². The van der Waals surface area contributed by atoms with E-state index in [1.807, 2.05) is 13.8 Å². The van der Waals surface area contributed by atoms with Crippen LogP contribution in [0.3, 0.4) is 0 Å². The van der Waals surface area contributed by atoms with Crippen molar-refractivity contribution in [2.75, 3.05) is 6.61 Å². The van der Waals surface area contributed by atoms with Crippen LogP contribution in [0, 0.1) is 0 Å². The van der Waals surface area contributed by atoms with Crippen LogP contribution in [0.15, 0.2) is 12.4 Å². The van der Waals surface area contributed by atoms with Crippen LogP contribution < -0.4 is 0 Å². The minimum absolute atomic E-state index is 0.0434. The first-order valence-electron chi connectivity index (χ1n) is 5.06. The molecule has 96 valence electrons. The zero-order chi connectivity index (χ0) is 13.1. The van der Waals surface area contributed by atoms with E-state index in [4.69, 9.17) is 4.74 Å². The van der Waals surface area contributed by atoms with E-state index in [-0.39, 0.29) is 6.10 Å². The molecule has 0 unspecified atom stereocenters. The lowest BCUT2D eigenvalue weighted by Gasteiger charge is -2.06. The third kappa shape index (κ3) is 4.18. The molecule has 0 aliphatic carbocycles. The Balaban J connectivity index is 2.57. The average molecular weight is 250 g/mol. The Labute approximate surface area is 96.4 Å². The lowest BCUT2D eigenvalue weighted by molar-refractivity contribution is -0.0885. The Hall–Kier alpha value is -1.37. The maximum absolute atomic E-state index is 12.1. The van der Waals surface area contributed by atoms with Gasteiger partial charge in [-0.25, -0.2) is 0 Å². The van der Waals surface area contributed by atoms with E-state index in [0.29, 0.717) is 13.2 Å². The topological polar surface area (TPSA) is 44.1 Å². The molecule has 0 spiro atoms. The Bertz CT molecular complexity index is 385. The summed E-state index contributed by atoms with van der Waals surface area (Å²) in [6.45, 7) is 4.34. The molecule has 0 fully saturated rings. The van der Waals surface area contributed by atoms with Gasteiger partial charge in [0.15, 0.2) is 0 Å². The van der Waals surface area contributed by atoms with Crippen LogP contribution in [0.2, 0.25) is 0 Å². The van der Waals surface area contributed by atoms with Crippen LogP contribution in [0.25, 0.3) is 0 Å². The molecular weight excluding hydrogens is 237 g/mol. The zero-order valence-electron chi connectivity index (χ0n) is 9.49. The predicted octanol–water partition coefficient (Wildman–Crippen LogP) is 2.05. The van der Waals surface area contributed by atoms with E-state index >= 15 is 0 Å². The van der Waals surface area contributed by atoms with Gasteiger partial charge in [0, 0.05) is 6.20 Å². The van der Waals surface area contributed by atoms with Gasteiger partial charge in [-0.1, -0.05) is 0 Å². The van der Waals surface area contributed by atoms with Crippen molar-refractivity contribution in [3.8, 4) is 0 Å². The largest absolute Gasteiger partial charge is 0.454 e. The van der Waals surface area contributed by atoms with Crippen molar-refractivity contribution in [1.29, 1.82) is 0 Å². The Morgan fingerprint density at radius 1 is 1.53 bits per heavy atom. The van der Waals surface area contributed by atoms with Gasteiger partial charge in [-0.15, -0.1) is 0 Å². The van der Waals surface area contributed by atoms with Crippen molar-refractivity contribution in [3.63, 3.8) is 0 Å². The standard InChI is InChI=1S/C10H13F3N2O2/c1-7(2)17-4-3-15-6-8(5-14-15)9(16)10(11,12)13/h5-7H,3-4H2,1-2H3. The monoisotopic (exact) mass is 250 g/mol. The summed E-state index contributed by atoms with van der Waals surface area (Å²) in [5, 5.41) is 3.66. The fourth-order valence-electron chi connectivity index (χ4n) is 1.15. The average Bonchev–Trinajstić information content (AvgIpc) is 2.63. The molecule has 0 amide bonds. The number of carbonyl (C=O) groups excluding carboxylic acids is 1. The zero-order valence-corrected chi connectivity index (χ0v) is 9.49. The van der Waals surface area contributed by atoms with Crippen LogP contribution in [0.4, 0.5) is 13.2 Å². The highest BCUT2D eigenvalue weighted by molar-refractivity contribution is 5.99. The highest BCUT2D eigenvalue weighted by Crippen LogP contribution is 2.20. The molecule has 0 saturated heterocycles. The van der Waals surface area contributed by atoms with Gasteiger partial charge >= 0.3 is 6.18 Å². The number of ether oxygens (including phenoxy) is 1. The molecule has 0 aromatic carbocycles. The number of ketones is 1. The summed E-state index contributed by atoms with van der Waals surface area (Å²) >= 11 is 0. The van der Waals surface area contributed by atoms with Crippen LogP contribution in [0.5, 0.6) is 0 Å². The first kappa shape index (κ1) is 13.7. The molecule has 0 aliphatic heterocycles. The molecule has 1 heterocycles. The van der Waals surface area contributed by atoms with Gasteiger partial charge in [0.05, 0.1) is 31.0 Å². The molecule has 0 N–H and O–H groups in total. The lowest BCUT2D eigenvalue weighted by Crippen LogP contribution is -2.22. The third-order valence-electron chi connectivity index (χ3n) is 1.92. The van der Waals surface area contributed by atoms with E-state index in [9.17, 15) is 18.0 Å². The molecule has 0 atom stereocenters. The fourth-order valence-corrected chi connectivity index (χ4v) is 1.15. The summed E-state index contributed by atoms with van der Waals surface area (Å²) in [5.41, 5.74) is -0.456. The van der Waals surface area contributed by atoms with E-state index < -0.39 is 17.5 Å². The van der Waals surface area contributed by atoms with Crippen molar-refractivity contribution in [1.82, 2.24) is 9.78 Å². The predicted molar refractivity (Wildman–Crippen MR) is 53.7 cm³/mol. The number of Topliss-reactive ketones (excluding diaryl/α,β-unsaturated/α-hetero) is 1. The second-order valence-corrected chi connectivity index (χ2v) is 3.74. The van der Waals surface area contributed by atoms with Crippen LogP contribution in [0.1, 0.15) is 24.2 Å². The van der Waals surface area contributed by atoms with Crippen molar-refractivity contribution >= 4 is 5.78 Å². The molecule has 7 heteroatoms. The molecule has 0 radical (unpaired) electrons. The number of halogens is 3. The van der Waals surface area contributed by atoms with Gasteiger partial charge < -0.3 is 4.74 Å². The highest BCUT2D eigenvalue weighted by atomic mass is 19.4. The molecular formula is C10H13F3N2O2. The lowest BCUT2D eigenvalue weighted by atomic mass is 10.2. The summed E-state index contributed by atoms with van der Waals surface area (Å²) in [7, 11) is 0. The molecule has 1 rings (SSSR count). The van der Waals surface area contributed by atoms with Gasteiger partial charge in [-0.3, -0.25) is 9.48 Å². The van der Waals surface area contributed by atoms with Gasteiger partial charge in [0.25, 0.3) is 5.78 Å². The molecule has 0 aliphatic rings. The summed E-state index contributed by atoms with van der Waals surface area (Å²) < 4.78 is 42.7. The summed E-state index contributed by atoms with van der Waals surface area (Å²) in [6.07, 6.45) is -2.84. The number of nitrogens with zero attached hydrogens (tertiary/aromatic N) is 2. The SMILES string of the molecule is CC(C)OCCn1cc(C(=O)C(F)(F)F)cn1. The Kier molecular flexibility index (Phi) is 4.28. The number of hydrogen-bond donors (Lipinski definition) is 0. The highest BCUT2D eigenvalue weighted by Gasteiger charge is 2.39. The summed E-state index contributed by atoms with van der Waals surface area (Å²) in [4.78, 5) is 10.9. The number of hydrogen-bond acceptors (Lipinski definition) is 3. The number of alkyl halides is 3. The maximum atomic E-state index is 12.1. The van der Waals surface area contributed by atoms with Crippen molar-refractivity contribution in [2.24, 2.45) is 0 Å². The minimum atomic E-state index is -4.86. The molecule has 1 aromatic rings. The molecule has 4 nitrogen and oxygen atoms in total. The maximum Gasteiger partial charge on any atom is 0.454 e. The van der Waals surface area contributed by atoms with Crippen LogP contribution in [-0.4, -0.2) is 34.5 Å². The Morgan fingerprint density at radius 2 is 2.18 bits per heavy atom. The molecule has 0 bridgehead atoms. The van der Waals surface area contributed by atoms with Crippen LogP contribution in [-0.2, 0) is 11.3 Å². The Morgan fingerprint density at radius 3 is 2.71 bits per heavy atom. The first-order chi connectivity index (χ1) is 7.80. The molecule has 1 aromatic heterocycles. The van der Waals surface area contributed by atoms with Gasteiger partial charge in [0.1, 0.15) is 0 Å². The second-order valence-electron chi connectivity index (χ2n) is 3.74. The van der Waals surface area contributed by atoms with Gasteiger partial charge in [-0.05, 0) is 13.8 Å². The number of aromatic nitrogens is 2. The van der Waals surface area contributed by atoms with E-state index in [1.165, 1.54) is 4.68 Å². The van der Waals surface area contributed by atoms with Crippen molar-refractivity contribution < 1.29 is 22.7 Å². The third-order valence-corrected chi connectivity index (χ3v) is 1.92.